The summed E-state index contributed by atoms with van der Waals surface area (Å²) in [6.07, 6.45) is -0.864. The normalized spacial score (nSPS) is 15.8. The Bertz CT molecular complexity index is 503. The van der Waals surface area contributed by atoms with Crippen LogP contribution in [0.5, 0.6) is 5.75 Å². The molecular weight excluding hydrogens is 258 g/mol. The number of hydrogen-bond acceptors (Lipinski definition) is 4. The quantitative estimate of drug-likeness (QED) is 0.649. The van der Waals surface area contributed by atoms with Gasteiger partial charge < -0.3 is 14.7 Å². The van der Waals surface area contributed by atoms with Gasteiger partial charge in [0.05, 0.1) is 36.9 Å². The first kappa shape index (κ1) is 12.9. The minimum atomic E-state index is -0.864. The van der Waals surface area contributed by atoms with Crippen molar-refractivity contribution in [3.8, 4) is 5.75 Å². The molecule has 0 spiro atoms. The minimum Gasteiger partial charge on any atom is -0.497 e. The molecule has 0 saturated heterocycles. The van der Waals surface area contributed by atoms with Crippen molar-refractivity contribution in [2.75, 3.05) is 24.4 Å². The van der Waals surface area contributed by atoms with E-state index in [9.17, 15) is 14.7 Å². The third-order valence-corrected chi connectivity index (χ3v) is 3.11. The number of ether oxygens (including phenoxy) is 1. The molecule has 1 heterocycles. The van der Waals surface area contributed by atoms with E-state index in [1.807, 2.05) is 0 Å². The van der Waals surface area contributed by atoms with Crippen LogP contribution in [0.1, 0.15) is 10.4 Å². The highest BCUT2D eigenvalue weighted by Crippen LogP contribution is 2.32. The summed E-state index contributed by atoms with van der Waals surface area (Å²) >= 11 is 5.50. The van der Waals surface area contributed by atoms with Crippen molar-refractivity contribution in [1.29, 1.82) is 0 Å². The lowest BCUT2D eigenvalue weighted by Gasteiger charge is -2.19. The van der Waals surface area contributed by atoms with Crippen molar-refractivity contribution < 1.29 is 19.4 Å². The molecule has 0 fully saturated rings. The Labute approximate surface area is 109 Å². The second-order valence-electron chi connectivity index (χ2n) is 3.94. The summed E-state index contributed by atoms with van der Waals surface area (Å²) < 4.78 is 5.01. The highest BCUT2D eigenvalue weighted by atomic mass is 35.5. The number of benzene rings is 1. The molecule has 1 aromatic rings. The van der Waals surface area contributed by atoms with Gasteiger partial charge >= 0.3 is 0 Å². The number of fused-ring (bicyclic) bond motifs is 1. The lowest BCUT2D eigenvalue weighted by Crippen LogP contribution is -2.37. The van der Waals surface area contributed by atoms with Gasteiger partial charge in [0.15, 0.2) is 0 Å². The van der Waals surface area contributed by atoms with Crippen LogP contribution in [-0.2, 0) is 4.79 Å². The van der Waals surface area contributed by atoms with E-state index < -0.39 is 17.8 Å². The zero-order valence-corrected chi connectivity index (χ0v) is 10.5. The van der Waals surface area contributed by atoms with Gasteiger partial charge in [-0.05, 0) is 18.2 Å². The fourth-order valence-corrected chi connectivity index (χ4v) is 1.94. The molecule has 1 atom stereocenters. The van der Waals surface area contributed by atoms with E-state index in [1.165, 1.54) is 18.1 Å². The Kier molecular flexibility index (Phi) is 3.54. The smallest absolute Gasteiger partial charge is 0.299 e. The number of aliphatic hydroxyl groups excluding tert-OH is 1. The van der Waals surface area contributed by atoms with Gasteiger partial charge in [-0.1, -0.05) is 0 Å². The molecule has 0 radical (unpaired) electrons. The second kappa shape index (κ2) is 4.96. The molecule has 6 heteroatoms. The topological polar surface area (TPSA) is 66.8 Å². The van der Waals surface area contributed by atoms with Crippen LogP contribution >= 0.6 is 11.6 Å². The number of halogens is 1. The molecule has 1 amide bonds. The third-order valence-electron chi connectivity index (χ3n) is 2.75. The number of amides is 1. The fourth-order valence-electron chi connectivity index (χ4n) is 1.85. The van der Waals surface area contributed by atoms with E-state index >= 15 is 0 Å². The summed E-state index contributed by atoms with van der Waals surface area (Å²) in [5.74, 6) is -0.730. The van der Waals surface area contributed by atoms with Crippen molar-refractivity contribution in [2.24, 2.45) is 0 Å². The van der Waals surface area contributed by atoms with Gasteiger partial charge in [0.25, 0.3) is 11.7 Å². The van der Waals surface area contributed by atoms with E-state index in [4.69, 9.17) is 16.3 Å². The van der Waals surface area contributed by atoms with Gasteiger partial charge in [0.2, 0.25) is 0 Å². The molecule has 18 heavy (non-hydrogen) atoms. The van der Waals surface area contributed by atoms with E-state index in [-0.39, 0.29) is 12.4 Å². The number of alkyl halides is 1. The summed E-state index contributed by atoms with van der Waals surface area (Å²) in [4.78, 5) is 24.8. The molecule has 1 aliphatic heterocycles. The van der Waals surface area contributed by atoms with Crippen LogP contribution in [0.4, 0.5) is 5.69 Å². The fraction of sp³-hybridized carbons (Fsp3) is 0.333. The molecule has 1 aliphatic rings. The molecule has 5 nitrogen and oxygen atoms in total. The molecular formula is C12H12ClNO4. The minimum absolute atomic E-state index is 0.00343. The number of carbonyl (C=O) groups excluding carboxylic acids is 2. The molecule has 2 rings (SSSR count). The summed E-state index contributed by atoms with van der Waals surface area (Å²) in [6.45, 7) is 0.00734. The first-order valence-electron chi connectivity index (χ1n) is 5.36. The molecule has 1 aromatic carbocycles. The monoisotopic (exact) mass is 269 g/mol. The highest BCUT2D eigenvalue weighted by Gasteiger charge is 2.36. The lowest BCUT2D eigenvalue weighted by molar-refractivity contribution is -0.114. The predicted molar refractivity (Wildman–Crippen MR) is 66.4 cm³/mol. The maximum absolute atomic E-state index is 11.8. The van der Waals surface area contributed by atoms with E-state index in [0.717, 1.165) is 0 Å². The van der Waals surface area contributed by atoms with Crippen molar-refractivity contribution in [1.82, 2.24) is 0 Å². The predicted octanol–water partition coefficient (Wildman–Crippen LogP) is 0.824. The van der Waals surface area contributed by atoms with Gasteiger partial charge in [-0.2, -0.15) is 0 Å². The second-order valence-corrected chi connectivity index (χ2v) is 4.24. The van der Waals surface area contributed by atoms with Crippen molar-refractivity contribution in [3.63, 3.8) is 0 Å². The highest BCUT2D eigenvalue weighted by molar-refractivity contribution is 6.52. The van der Waals surface area contributed by atoms with Crippen LogP contribution < -0.4 is 9.64 Å². The SMILES string of the molecule is COc1ccc2c(c1)C(=O)C(=O)N2CC(O)CCl. The Balaban J connectivity index is 2.37. The van der Waals surface area contributed by atoms with Gasteiger partial charge in [0.1, 0.15) is 5.75 Å². The van der Waals surface area contributed by atoms with Crippen LogP contribution in [-0.4, -0.2) is 42.4 Å². The Hall–Kier alpha value is -1.59. The maximum Gasteiger partial charge on any atom is 0.299 e. The van der Waals surface area contributed by atoms with Gasteiger partial charge in [-0.25, -0.2) is 0 Å². The van der Waals surface area contributed by atoms with E-state index in [1.54, 1.807) is 12.1 Å². The Morgan fingerprint density at radius 3 is 2.78 bits per heavy atom. The standard InChI is InChI=1S/C12H12ClNO4/c1-18-8-2-3-10-9(4-8)11(16)12(17)14(10)6-7(15)5-13/h2-4,7,15H,5-6H2,1H3. The number of nitrogens with zero attached hydrogens (tertiary/aromatic N) is 1. The summed E-state index contributed by atoms with van der Waals surface area (Å²) in [5, 5.41) is 9.49. The molecule has 0 saturated carbocycles. The zero-order valence-electron chi connectivity index (χ0n) is 9.72. The number of β-amino-alcohol motifs (C(OH)–C–C–N with tert-alkyl or cyclic N) is 1. The average molecular weight is 270 g/mol. The number of rotatable bonds is 4. The number of hydrogen-bond donors (Lipinski definition) is 1. The van der Waals surface area contributed by atoms with Crippen LogP contribution in [0.15, 0.2) is 18.2 Å². The first-order valence-corrected chi connectivity index (χ1v) is 5.90. The lowest BCUT2D eigenvalue weighted by atomic mass is 10.1. The first-order chi connectivity index (χ1) is 8.58. The molecule has 96 valence electrons. The number of aliphatic hydroxyl groups is 1. The molecule has 0 aromatic heterocycles. The van der Waals surface area contributed by atoms with Gasteiger partial charge in [-0.3, -0.25) is 9.59 Å². The van der Waals surface area contributed by atoms with E-state index in [0.29, 0.717) is 17.0 Å². The van der Waals surface area contributed by atoms with Crippen molar-refractivity contribution >= 4 is 29.0 Å². The van der Waals surface area contributed by atoms with Crippen LogP contribution in [0.2, 0.25) is 0 Å². The molecule has 0 aliphatic carbocycles. The summed E-state index contributed by atoms with van der Waals surface area (Å²) in [7, 11) is 1.48. The largest absolute Gasteiger partial charge is 0.497 e. The number of ketones is 1. The van der Waals surface area contributed by atoms with E-state index in [2.05, 4.69) is 0 Å². The molecule has 0 bridgehead atoms. The van der Waals surface area contributed by atoms with Crippen LogP contribution in [0, 0.1) is 0 Å². The van der Waals surface area contributed by atoms with Gasteiger partial charge in [-0.15, -0.1) is 11.6 Å². The number of Topliss-reactive ketones (excluding diaryl/α,β-unsaturated/α-hetero) is 1. The van der Waals surface area contributed by atoms with Crippen LogP contribution in [0.3, 0.4) is 0 Å². The Morgan fingerprint density at radius 2 is 2.17 bits per heavy atom. The van der Waals surface area contributed by atoms with Crippen molar-refractivity contribution in [2.45, 2.75) is 6.10 Å². The average Bonchev–Trinajstić information content (AvgIpc) is 2.63. The Morgan fingerprint density at radius 1 is 1.44 bits per heavy atom. The zero-order chi connectivity index (χ0) is 13.3. The number of methoxy groups -OCH3 is 1. The van der Waals surface area contributed by atoms with Crippen molar-refractivity contribution in [3.05, 3.63) is 23.8 Å². The third kappa shape index (κ3) is 2.07. The summed E-state index contributed by atoms with van der Waals surface area (Å²) in [5.41, 5.74) is 0.774. The summed E-state index contributed by atoms with van der Waals surface area (Å²) in [6, 6.07) is 4.80. The number of carbonyl (C=O) groups is 2. The molecule has 1 N–H and O–H groups in total. The maximum atomic E-state index is 11.8. The van der Waals surface area contributed by atoms with Gasteiger partial charge in [0, 0.05) is 0 Å². The number of anilines is 1. The molecule has 1 unspecified atom stereocenters. The van der Waals surface area contributed by atoms with Crippen LogP contribution in [0.25, 0.3) is 0 Å².